The summed E-state index contributed by atoms with van der Waals surface area (Å²) in [6, 6.07) is 27.1. The summed E-state index contributed by atoms with van der Waals surface area (Å²) in [7, 11) is 0. The standard InChI is InChI=1S/C20H16N2S/c1-3-7-15(8-4-1)14-21-17-11-12-18-19(13-17)23-20(22-18)16-9-5-2-6-10-16/h1-13,21H,14H2. The van der Waals surface area contributed by atoms with Crippen LogP contribution in [0.3, 0.4) is 0 Å². The second kappa shape index (κ2) is 6.23. The summed E-state index contributed by atoms with van der Waals surface area (Å²) in [5, 5.41) is 4.55. The number of aromatic nitrogens is 1. The Morgan fingerprint density at radius 2 is 1.57 bits per heavy atom. The van der Waals surface area contributed by atoms with E-state index in [1.165, 1.54) is 15.8 Å². The molecule has 3 aromatic carbocycles. The zero-order valence-electron chi connectivity index (χ0n) is 12.6. The maximum atomic E-state index is 4.73. The molecule has 0 unspecified atom stereocenters. The molecule has 0 saturated carbocycles. The number of nitrogens with one attached hydrogen (secondary N) is 1. The molecule has 0 fully saturated rings. The summed E-state index contributed by atoms with van der Waals surface area (Å²) in [5.74, 6) is 0. The summed E-state index contributed by atoms with van der Waals surface area (Å²) >= 11 is 1.74. The highest BCUT2D eigenvalue weighted by Gasteiger charge is 2.06. The summed E-state index contributed by atoms with van der Waals surface area (Å²) in [6.07, 6.45) is 0. The summed E-state index contributed by atoms with van der Waals surface area (Å²) in [6.45, 7) is 0.830. The topological polar surface area (TPSA) is 24.9 Å². The highest BCUT2D eigenvalue weighted by molar-refractivity contribution is 7.21. The van der Waals surface area contributed by atoms with Crippen molar-refractivity contribution in [3.05, 3.63) is 84.4 Å². The SMILES string of the molecule is c1ccc(CNc2ccc3nc(-c4ccccc4)sc3c2)cc1. The van der Waals surface area contributed by atoms with Gasteiger partial charge in [-0.05, 0) is 23.8 Å². The van der Waals surface area contributed by atoms with Crippen molar-refractivity contribution in [1.29, 1.82) is 0 Å². The first-order valence-electron chi connectivity index (χ1n) is 7.62. The molecule has 0 atom stereocenters. The third-order valence-electron chi connectivity index (χ3n) is 3.75. The lowest BCUT2D eigenvalue weighted by Crippen LogP contribution is -1.98. The van der Waals surface area contributed by atoms with Crippen molar-refractivity contribution in [3.8, 4) is 10.6 Å². The third kappa shape index (κ3) is 3.10. The molecule has 23 heavy (non-hydrogen) atoms. The number of benzene rings is 3. The van der Waals surface area contributed by atoms with Gasteiger partial charge in [-0.15, -0.1) is 11.3 Å². The van der Waals surface area contributed by atoms with Crippen LogP contribution in [-0.4, -0.2) is 4.98 Å². The number of rotatable bonds is 4. The quantitative estimate of drug-likeness (QED) is 0.532. The minimum Gasteiger partial charge on any atom is -0.381 e. The number of anilines is 1. The molecular weight excluding hydrogens is 300 g/mol. The van der Waals surface area contributed by atoms with Crippen molar-refractivity contribution in [2.75, 3.05) is 5.32 Å². The maximum absolute atomic E-state index is 4.73. The van der Waals surface area contributed by atoms with Crippen molar-refractivity contribution in [3.63, 3.8) is 0 Å². The zero-order valence-corrected chi connectivity index (χ0v) is 13.4. The molecule has 1 heterocycles. The van der Waals surface area contributed by atoms with Gasteiger partial charge in [-0.2, -0.15) is 0 Å². The molecule has 0 amide bonds. The first-order valence-corrected chi connectivity index (χ1v) is 8.44. The van der Waals surface area contributed by atoms with Crippen LogP contribution in [0.25, 0.3) is 20.8 Å². The lowest BCUT2D eigenvalue weighted by atomic mass is 10.2. The van der Waals surface area contributed by atoms with Crippen molar-refractivity contribution in [2.45, 2.75) is 6.54 Å². The molecule has 1 aromatic heterocycles. The Hall–Kier alpha value is -2.65. The molecule has 0 radical (unpaired) electrons. The Morgan fingerprint density at radius 3 is 2.35 bits per heavy atom. The second-order valence-electron chi connectivity index (χ2n) is 5.41. The monoisotopic (exact) mass is 316 g/mol. The highest BCUT2D eigenvalue weighted by atomic mass is 32.1. The summed E-state index contributed by atoms with van der Waals surface area (Å²) in [4.78, 5) is 4.73. The van der Waals surface area contributed by atoms with Crippen LogP contribution in [-0.2, 0) is 6.54 Å². The van der Waals surface area contributed by atoms with E-state index < -0.39 is 0 Å². The lowest BCUT2D eigenvalue weighted by Gasteiger charge is -2.06. The summed E-state index contributed by atoms with van der Waals surface area (Å²) < 4.78 is 1.21. The molecular formula is C20H16N2S. The maximum Gasteiger partial charge on any atom is 0.124 e. The van der Waals surface area contributed by atoms with E-state index in [0.29, 0.717) is 0 Å². The van der Waals surface area contributed by atoms with Crippen molar-refractivity contribution in [1.82, 2.24) is 4.98 Å². The molecule has 0 spiro atoms. The van der Waals surface area contributed by atoms with Crippen LogP contribution in [0.4, 0.5) is 5.69 Å². The molecule has 4 rings (SSSR count). The number of hydrogen-bond donors (Lipinski definition) is 1. The number of hydrogen-bond acceptors (Lipinski definition) is 3. The molecule has 0 aliphatic heterocycles. The fraction of sp³-hybridized carbons (Fsp3) is 0.0500. The van der Waals surface area contributed by atoms with E-state index in [1.807, 2.05) is 24.3 Å². The van der Waals surface area contributed by atoms with Crippen molar-refractivity contribution in [2.24, 2.45) is 0 Å². The van der Waals surface area contributed by atoms with Crippen molar-refractivity contribution < 1.29 is 0 Å². The van der Waals surface area contributed by atoms with Gasteiger partial charge < -0.3 is 5.32 Å². The van der Waals surface area contributed by atoms with Gasteiger partial charge in [-0.3, -0.25) is 0 Å². The fourth-order valence-corrected chi connectivity index (χ4v) is 3.55. The molecule has 0 bridgehead atoms. The van der Waals surface area contributed by atoms with Crippen LogP contribution < -0.4 is 5.32 Å². The van der Waals surface area contributed by atoms with E-state index in [4.69, 9.17) is 4.98 Å². The van der Waals surface area contributed by atoms with Gasteiger partial charge in [0.15, 0.2) is 0 Å². The van der Waals surface area contributed by atoms with E-state index in [0.717, 1.165) is 22.8 Å². The minimum absolute atomic E-state index is 0.830. The molecule has 0 saturated heterocycles. The van der Waals surface area contributed by atoms with Gasteiger partial charge in [-0.25, -0.2) is 4.98 Å². The van der Waals surface area contributed by atoms with Crippen LogP contribution in [0.15, 0.2) is 78.9 Å². The average molecular weight is 316 g/mol. The van der Waals surface area contributed by atoms with Crippen LogP contribution in [0.2, 0.25) is 0 Å². The van der Waals surface area contributed by atoms with E-state index in [-0.39, 0.29) is 0 Å². The normalized spacial score (nSPS) is 10.8. The highest BCUT2D eigenvalue weighted by Crippen LogP contribution is 2.31. The predicted molar refractivity (Wildman–Crippen MR) is 98.8 cm³/mol. The Bertz CT molecular complexity index is 914. The van der Waals surface area contributed by atoms with Crippen LogP contribution in [0.1, 0.15) is 5.56 Å². The van der Waals surface area contributed by atoms with Gasteiger partial charge in [0.05, 0.1) is 10.2 Å². The number of nitrogens with zero attached hydrogens (tertiary/aromatic N) is 1. The van der Waals surface area contributed by atoms with Crippen LogP contribution in [0, 0.1) is 0 Å². The fourth-order valence-electron chi connectivity index (χ4n) is 2.54. The predicted octanol–water partition coefficient (Wildman–Crippen LogP) is 5.58. The lowest BCUT2D eigenvalue weighted by molar-refractivity contribution is 1.15. The molecule has 112 valence electrons. The van der Waals surface area contributed by atoms with Gasteiger partial charge >= 0.3 is 0 Å². The zero-order chi connectivity index (χ0) is 15.5. The van der Waals surface area contributed by atoms with Gasteiger partial charge in [-0.1, -0.05) is 60.7 Å². The van der Waals surface area contributed by atoms with Gasteiger partial charge in [0.25, 0.3) is 0 Å². The summed E-state index contributed by atoms with van der Waals surface area (Å²) in [5.41, 5.74) is 4.64. The Balaban J connectivity index is 1.58. The largest absolute Gasteiger partial charge is 0.381 e. The molecule has 1 N–H and O–H groups in total. The minimum atomic E-state index is 0.830. The Kier molecular flexibility index (Phi) is 3.78. The first kappa shape index (κ1) is 14.0. The number of thiazole rings is 1. The van der Waals surface area contributed by atoms with E-state index in [2.05, 4.69) is 59.9 Å². The van der Waals surface area contributed by atoms with E-state index in [9.17, 15) is 0 Å². The second-order valence-corrected chi connectivity index (χ2v) is 6.44. The van der Waals surface area contributed by atoms with Gasteiger partial charge in [0, 0.05) is 17.8 Å². The Morgan fingerprint density at radius 1 is 0.826 bits per heavy atom. The van der Waals surface area contributed by atoms with Gasteiger partial charge in [0.2, 0.25) is 0 Å². The molecule has 2 nitrogen and oxygen atoms in total. The number of fused-ring (bicyclic) bond motifs is 1. The van der Waals surface area contributed by atoms with E-state index in [1.54, 1.807) is 11.3 Å². The first-order chi connectivity index (χ1) is 11.4. The molecule has 3 heteroatoms. The average Bonchev–Trinajstić information content (AvgIpc) is 3.05. The third-order valence-corrected chi connectivity index (χ3v) is 4.82. The Labute approximate surface area is 139 Å². The van der Waals surface area contributed by atoms with Crippen LogP contribution in [0.5, 0.6) is 0 Å². The van der Waals surface area contributed by atoms with E-state index >= 15 is 0 Å². The molecule has 0 aliphatic rings. The van der Waals surface area contributed by atoms with Crippen molar-refractivity contribution >= 4 is 27.2 Å². The molecule has 0 aliphatic carbocycles. The smallest absolute Gasteiger partial charge is 0.124 e. The van der Waals surface area contributed by atoms with Gasteiger partial charge in [0.1, 0.15) is 5.01 Å². The molecule has 4 aromatic rings. The van der Waals surface area contributed by atoms with Crippen LogP contribution >= 0.6 is 11.3 Å².